The lowest BCUT2D eigenvalue weighted by Gasteiger charge is -2.19. The van der Waals surface area contributed by atoms with Crippen molar-refractivity contribution in [3.8, 4) is 0 Å². The number of hydrogen-bond acceptors (Lipinski definition) is 10. The molecule has 2 atom stereocenters. The van der Waals surface area contributed by atoms with Crippen LogP contribution in [0.4, 0.5) is 34.1 Å². The van der Waals surface area contributed by atoms with Crippen LogP contribution in [0.3, 0.4) is 0 Å². The second-order valence-electron chi connectivity index (χ2n) is 14.1. The molecule has 0 saturated carbocycles. The second kappa shape index (κ2) is 23.0. The Kier molecular flexibility index (Phi) is 18.1. The number of nitrogens with zero attached hydrogens (tertiary/aromatic N) is 4. The van der Waals surface area contributed by atoms with E-state index in [9.17, 15) is 28.8 Å². The van der Waals surface area contributed by atoms with Gasteiger partial charge in [0.2, 0.25) is 12.1 Å². The first-order valence-electron chi connectivity index (χ1n) is 19.3. The molecule has 5 aromatic rings. The number of Topliss-reactive ketones (excluding diaryl/α,β-unsaturated/α-hetero) is 2. The van der Waals surface area contributed by atoms with Crippen molar-refractivity contribution < 1.29 is 28.8 Å². The maximum absolute atomic E-state index is 13.7. The highest BCUT2D eigenvalue weighted by atomic mass is 35.5. The van der Waals surface area contributed by atoms with Crippen molar-refractivity contribution >= 4 is 162 Å². The van der Waals surface area contributed by atoms with Crippen LogP contribution in [0.1, 0.15) is 59.5 Å². The van der Waals surface area contributed by atoms with Gasteiger partial charge >= 0.3 is 0 Å². The lowest BCUT2D eigenvalue weighted by atomic mass is 10.0. The SMILES string of the molecule is CCc1cc(NC(=O)C(N=Nc2cc(Cl)cc(C(=O)Nc3ccc(Cl)c(Cl)c3Cl)c2)C(C)=O)cc(CC)c1NC(=O)C(N=Nc1cc(Cl)cc(C(=O)Nc2ccc(Cl)c(Cl)c2Cl)c1)C(C)=O. The maximum Gasteiger partial charge on any atom is 0.258 e. The summed E-state index contributed by atoms with van der Waals surface area (Å²) in [5.74, 6) is -4.16. The van der Waals surface area contributed by atoms with Gasteiger partial charge in [-0.25, -0.2) is 0 Å². The van der Waals surface area contributed by atoms with Crippen LogP contribution in [-0.2, 0) is 32.0 Å². The van der Waals surface area contributed by atoms with Crippen LogP contribution in [0.5, 0.6) is 0 Å². The van der Waals surface area contributed by atoms with Crippen molar-refractivity contribution in [2.45, 2.75) is 52.6 Å². The summed E-state index contributed by atoms with van der Waals surface area (Å²) in [6.45, 7) is 5.95. The minimum Gasteiger partial charge on any atom is -0.324 e. The van der Waals surface area contributed by atoms with Gasteiger partial charge in [0.1, 0.15) is 0 Å². The van der Waals surface area contributed by atoms with Gasteiger partial charge in [0, 0.05) is 32.5 Å². The maximum atomic E-state index is 13.7. The molecule has 0 fully saturated rings. The summed E-state index contributed by atoms with van der Waals surface area (Å²) >= 11 is 49.2. The monoisotopic (exact) mass is 1050 g/mol. The van der Waals surface area contributed by atoms with Gasteiger partial charge in [-0.2, -0.15) is 20.5 Å². The third kappa shape index (κ3) is 13.0. The number of anilines is 4. The number of benzene rings is 5. The summed E-state index contributed by atoms with van der Waals surface area (Å²) in [4.78, 5) is 78.9. The Morgan fingerprint density at radius 3 is 1.27 bits per heavy atom. The molecule has 0 spiro atoms. The predicted octanol–water partition coefficient (Wildman–Crippen LogP) is 13.9. The van der Waals surface area contributed by atoms with Gasteiger partial charge in [-0.05, 0) is 111 Å². The number of carbonyl (C=O) groups excluding carboxylic acids is 6. The molecule has 0 radical (unpaired) electrons. The van der Waals surface area contributed by atoms with E-state index in [1.165, 1.54) is 67.6 Å². The Balaban J connectivity index is 1.31. The van der Waals surface area contributed by atoms with Crippen LogP contribution >= 0.6 is 92.8 Å². The smallest absolute Gasteiger partial charge is 0.258 e. The van der Waals surface area contributed by atoms with E-state index >= 15 is 0 Å². The largest absolute Gasteiger partial charge is 0.324 e. The predicted molar refractivity (Wildman–Crippen MR) is 262 cm³/mol. The summed E-state index contributed by atoms with van der Waals surface area (Å²) in [5, 5.41) is 27.6. The number of carbonyl (C=O) groups is 6. The molecular weight excluding hydrogens is 1020 g/mol. The fourth-order valence-electron chi connectivity index (χ4n) is 6.01. The zero-order valence-electron chi connectivity index (χ0n) is 34.8. The molecule has 5 rings (SSSR count). The number of halogens is 8. The summed E-state index contributed by atoms with van der Waals surface area (Å²) < 4.78 is 0. The average Bonchev–Trinajstić information content (AvgIpc) is 3.26. The fraction of sp³-hybridized carbons (Fsp3) is 0.182. The third-order valence-electron chi connectivity index (χ3n) is 9.28. The van der Waals surface area contributed by atoms with E-state index in [0.717, 1.165) is 6.92 Å². The highest BCUT2D eigenvalue weighted by Gasteiger charge is 2.27. The molecule has 66 heavy (non-hydrogen) atoms. The molecule has 5 aromatic carbocycles. The van der Waals surface area contributed by atoms with Gasteiger partial charge < -0.3 is 21.3 Å². The van der Waals surface area contributed by atoms with Crippen molar-refractivity contribution in [3.63, 3.8) is 0 Å². The highest BCUT2D eigenvalue weighted by Crippen LogP contribution is 2.38. The molecule has 4 amide bonds. The van der Waals surface area contributed by atoms with Gasteiger partial charge in [0.25, 0.3) is 23.6 Å². The van der Waals surface area contributed by atoms with Crippen molar-refractivity contribution in [3.05, 3.63) is 135 Å². The summed E-state index contributed by atoms with van der Waals surface area (Å²) in [5.41, 5.74) is 2.39. The number of amides is 4. The minimum atomic E-state index is -1.61. The lowest BCUT2D eigenvalue weighted by Crippen LogP contribution is -2.33. The van der Waals surface area contributed by atoms with Gasteiger partial charge in [0.05, 0.1) is 52.9 Å². The quantitative estimate of drug-likeness (QED) is 0.0430. The Bertz CT molecular complexity index is 2830. The van der Waals surface area contributed by atoms with Crippen molar-refractivity contribution in [2.24, 2.45) is 20.5 Å². The van der Waals surface area contributed by atoms with E-state index < -0.39 is 47.3 Å². The first-order valence-corrected chi connectivity index (χ1v) is 22.3. The summed E-state index contributed by atoms with van der Waals surface area (Å²) in [7, 11) is 0. The second-order valence-corrected chi connectivity index (χ2v) is 17.3. The van der Waals surface area contributed by atoms with E-state index in [4.69, 9.17) is 92.8 Å². The van der Waals surface area contributed by atoms with E-state index in [1.807, 2.05) is 13.8 Å². The standard InChI is InChI=1S/C44H34Cl8N8O6/c1-5-21-13-27(53-43(65)38(19(3)61)59-57-28-15-23(11-25(45)17-28)41(63)54-32-9-7-30(47)34(49)36(32)51)14-22(6-2)40(21)56-44(66)39(20(4)62)60-58-29-16-24(12-26(46)18-29)42(64)55-33-10-8-31(48)35(50)37(33)52/h7-18,38-39H,5-6H2,1-4H3,(H,53,65)(H,54,63)(H,55,64)(H,56,66). The molecule has 0 aromatic heterocycles. The number of azo groups is 2. The Morgan fingerprint density at radius 2 is 0.894 bits per heavy atom. The van der Waals surface area contributed by atoms with Crippen molar-refractivity contribution in [1.29, 1.82) is 0 Å². The molecule has 0 aliphatic rings. The van der Waals surface area contributed by atoms with Crippen molar-refractivity contribution in [1.82, 2.24) is 0 Å². The first kappa shape index (κ1) is 51.8. The lowest BCUT2D eigenvalue weighted by molar-refractivity contribution is -0.127. The Hall–Kier alpha value is -5.16. The minimum absolute atomic E-state index is 0.0252. The van der Waals surface area contributed by atoms with Gasteiger partial charge in [-0.15, -0.1) is 0 Å². The Morgan fingerprint density at radius 1 is 0.500 bits per heavy atom. The number of hydrogen-bond donors (Lipinski definition) is 4. The molecule has 0 heterocycles. The molecule has 4 N–H and O–H groups in total. The number of rotatable bonds is 16. The third-order valence-corrected chi connectivity index (χ3v) is 12.3. The molecule has 342 valence electrons. The van der Waals surface area contributed by atoms with E-state index in [0.29, 0.717) is 29.7 Å². The van der Waals surface area contributed by atoms with Crippen LogP contribution < -0.4 is 21.3 Å². The zero-order chi connectivity index (χ0) is 48.6. The molecule has 22 heteroatoms. The first-order chi connectivity index (χ1) is 31.2. The average molecular weight is 1050 g/mol. The van der Waals surface area contributed by atoms with Gasteiger partial charge in [-0.1, -0.05) is 107 Å². The van der Waals surface area contributed by atoms with Crippen LogP contribution in [0, 0.1) is 0 Å². The van der Waals surface area contributed by atoms with E-state index in [-0.39, 0.29) is 79.7 Å². The molecular formula is C44H34Cl8N8O6. The molecule has 14 nitrogen and oxygen atoms in total. The highest BCUT2D eigenvalue weighted by molar-refractivity contribution is 6.50. The van der Waals surface area contributed by atoms with E-state index in [1.54, 1.807) is 12.1 Å². The zero-order valence-corrected chi connectivity index (χ0v) is 40.8. The van der Waals surface area contributed by atoms with Crippen LogP contribution in [0.25, 0.3) is 0 Å². The van der Waals surface area contributed by atoms with Gasteiger partial charge in [0.15, 0.2) is 11.6 Å². The molecule has 0 bridgehead atoms. The Labute approximate surface area is 417 Å². The molecule has 0 saturated heterocycles. The van der Waals surface area contributed by atoms with Gasteiger partial charge in [-0.3, -0.25) is 28.8 Å². The topological polar surface area (TPSA) is 200 Å². The van der Waals surface area contributed by atoms with E-state index in [2.05, 4.69) is 41.7 Å². The molecule has 0 aliphatic carbocycles. The van der Waals surface area contributed by atoms with Crippen LogP contribution in [-0.4, -0.2) is 47.3 Å². The molecule has 2 unspecified atom stereocenters. The summed E-state index contributed by atoms with van der Waals surface area (Å²) in [6, 6.07) is 14.0. The molecule has 0 aliphatic heterocycles. The van der Waals surface area contributed by atoms with Crippen LogP contribution in [0.15, 0.2) is 93.3 Å². The number of nitrogens with one attached hydrogen (secondary N) is 4. The number of aryl methyl sites for hydroxylation is 2. The summed E-state index contributed by atoms with van der Waals surface area (Å²) in [6.07, 6.45) is 0.717. The van der Waals surface area contributed by atoms with Crippen molar-refractivity contribution in [2.75, 3.05) is 21.3 Å². The normalized spacial score (nSPS) is 12.2. The van der Waals surface area contributed by atoms with Crippen LogP contribution in [0.2, 0.25) is 40.2 Å². The fourth-order valence-corrected chi connectivity index (χ4v) is 7.63. The number of ketones is 2.